The van der Waals surface area contributed by atoms with Crippen LogP contribution in [0.2, 0.25) is 0 Å². The molecule has 1 rings (SSSR count). The quantitative estimate of drug-likeness (QED) is 0.723. The van der Waals surface area contributed by atoms with Crippen molar-refractivity contribution >= 4 is 6.03 Å². The summed E-state index contributed by atoms with van der Waals surface area (Å²) in [5, 5.41) is 6.28. The number of hydrogen-bond donors (Lipinski definition) is 2. The van der Waals surface area contributed by atoms with Gasteiger partial charge >= 0.3 is 6.03 Å². The van der Waals surface area contributed by atoms with Gasteiger partial charge in [0.25, 0.3) is 0 Å². The maximum absolute atomic E-state index is 11.3. The van der Waals surface area contributed by atoms with E-state index in [1.807, 2.05) is 0 Å². The first-order valence-electron chi connectivity index (χ1n) is 6.27. The molecule has 1 fully saturated rings. The average molecular weight is 242 g/mol. The van der Waals surface area contributed by atoms with Gasteiger partial charge in [-0.15, -0.1) is 0 Å². The van der Waals surface area contributed by atoms with E-state index in [0.29, 0.717) is 12.0 Å². The molecule has 5 heteroatoms. The van der Waals surface area contributed by atoms with Gasteiger partial charge in [0.2, 0.25) is 0 Å². The molecule has 17 heavy (non-hydrogen) atoms. The summed E-state index contributed by atoms with van der Waals surface area (Å²) >= 11 is 0. The molecule has 1 saturated heterocycles. The second-order valence-corrected chi connectivity index (χ2v) is 5.60. The lowest BCUT2D eigenvalue weighted by Crippen LogP contribution is -2.41. The van der Waals surface area contributed by atoms with E-state index in [9.17, 15) is 4.79 Å². The van der Waals surface area contributed by atoms with E-state index in [0.717, 1.165) is 26.2 Å². The normalized spacial score (nSPS) is 24.1. The molecule has 0 aliphatic carbocycles. The summed E-state index contributed by atoms with van der Waals surface area (Å²) in [6.45, 7) is 7.23. The van der Waals surface area contributed by atoms with E-state index in [2.05, 4.69) is 29.5 Å². The molecule has 0 bridgehead atoms. The van der Waals surface area contributed by atoms with Crippen LogP contribution < -0.4 is 10.6 Å². The van der Waals surface area contributed by atoms with E-state index in [4.69, 9.17) is 0 Å². The molecule has 100 valence electrons. The zero-order valence-corrected chi connectivity index (χ0v) is 11.5. The Kier molecular flexibility index (Phi) is 5.21. The van der Waals surface area contributed by atoms with Crippen LogP contribution in [0.4, 0.5) is 4.79 Å². The number of rotatable bonds is 5. The summed E-state index contributed by atoms with van der Waals surface area (Å²) in [5.74, 6) is 0. The minimum absolute atomic E-state index is 0.0212. The van der Waals surface area contributed by atoms with Crippen LogP contribution in [0.25, 0.3) is 0 Å². The summed E-state index contributed by atoms with van der Waals surface area (Å²) in [6.07, 6.45) is 1.24. The third-order valence-corrected chi connectivity index (χ3v) is 3.28. The lowest BCUT2D eigenvalue weighted by molar-refractivity contribution is 0.200. The molecule has 2 amide bonds. The Balaban J connectivity index is 2.17. The van der Waals surface area contributed by atoms with Crippen molar-refractivity contribution in [1.82, 2.24) is 20.4 Å². The predicted octanol–water partition coefficient (Wildman–Crippen LogP) is 0.189. The van der Waals surface area contributed by atoms with E-state index in [-0.39, 0.29) is 6.03 Å². The van der Waals surface area contributed by atoms with Gasteiger partial charge in [-0.1, -0.05) is 6.92 Å². The third kappa shape index (κ3) is 4.91. The summed E-state index contributed by atoms with van der Waals surface area (Å²) in [4.78, 5) is 15.2. The van der Waals surface area contributed by atoms with Gasteiger partial charge in [-0.3, -0.25) is 0 Å². The number of carbonyl (C=O) groups excluding carboxylic acids is 1. The summed E-state index contributed by atoms with van der Waals surface area (Å²) < 4.78 is 0. The Morgan fingerprint density at radius 3 is 2.65 bits per heavy atom. The number of carbonyl (C=O) groups is 1. The van der Waals surface area contributed by atoms with E-state index >= 15 is 0 Å². The first-order valence-corrected chi connectivity index (χ1v) is 6.27. The molecule has 0 spiro atoms. The monoisotopic (exact) mass is 242 g/mol. The largest absolute Gasteiger partial charge is 0.337 e. The summed E-state index contributed by atoms with van der Waals surface area (Å²) in [5.41, 5.74) is 0.389. The molecule has 0 aromatic heterocycles. The Labute approximate surface area is 105 Å². The molecule has 5 nitrogen and oxygen atoms in total. The van der Waals surface area contributed by atoms with Crippen LogP contribution in [0.15, 0.2) is 0 Å². The first kappa shape index (κ1) is 14.3. The second kappa shape index (κ2) is 6.21. The average Bonchev–Trinajstić information content (AvgIpc) is 2.64. The molecule has 2 N–H and O–H groups in total. The number of nitrogens with one attached hydrogen (secondary N) is 2. The zero-order chi connectivity index (χ0) is 12.9. The van der Waals surface area contributed by atoms with Crippen LogP contribution in [0.3, 0.4) is 0 Å². The Hall–Kier alpha value is -0.810. The summed E-state index contributed by atoms with van der Waals surface area (Å²) in [6, 6.07) is -0.0212. The van der Waals surface area contributed by atoms with Gasteiger partial charge < -0.3 is 20.4 Å². The van der Waals surface area contributed by atoms with Gasteiger partial charge in [-0.2, -0.15) is 0 Å². The van der Waals surface area contributed by atoms with Crippen molar-refractivity contribution in [1.29, 1.82) is 0 Å². The second-order valence-electron chi connectivity index (χ2n) is 5.60. The molecule has 1 aliphatic rings. The highest BCUT2D eigenvalue weighted by Crippen LogP contribution is 2.24. The van der Waals surface area contributed by atoms with Crippen LogP contribution in [-0.2, 0) is 0 Å². The molecule has 0 aromatic carbocycles. The number of urea groups is 1. The first-order chi connectivity index (χ1) is 7.93. The van der Waals surface area contributed by atoms with Gasteiger partial charge in [0.05, 0.1) is 0 Å². The van der Waals surface area contributed by atoms with Crippen molar-refractivity contribution in [3.05, 3.63) is 0 Å². The Morgan fingerprint density at radius 2 is 2.12 bits per heavy atom. The van der Waals surface area contributed by atoms with Crippen molar-refractivity contribution in [2.45, 2.75) is 13.3 Å². The fourth-order valence-electron chi connectivity index (χ4n) is 2.25. The SMILES string of the molecule is CN(CCNC(=O)N(C)C)CC1(C)CCNC1. The molecule has 0 aromatic rings. The summed E-state index contributed by atoms with van der Waals surface area (Å²) in [7, 11) is 5.62. The van der Waals surface area contributed by atoms with Crippen LogP contribution in [0.1, 0.15) is 13.3 Å². The van der Waals surface area contributed by atoms with E-state index in [1.54, 1.807) is 19.0 Å². The van der Waals surface area contributed by atoms with Crippen molar-refractivity contribution in [3.63, 3.8) is 0 Å². The molecule has 1 unspecified atom stereocenters. The standard InChI is InChI=1S/C12H26N4O/c1-12(5-6-13-9-12)10-16(4)8-7-14-11(17)15(2)3/h13H,5-10H2,1-4H3,(H,14,17). The predicted molar refractivity (Wildman–Crippen MR) is 70.2 cm³/mol. The van der Waals surface area contributed by atoms with E-state index in [1.165, 1.54) is 6.42 Å². The lowest BCUT2D eigenvalue weighted by atomic mass is 9.89. The molecular weight excluding hydrogens is 216 g/mol. The molecular formula is C12H26N4O. The topological polar surface area (TPSA) is 47.6 Å². The molecule has 1 heterocycles. The van der Waals surface area contributed by atoms with Crippen molar-refractivity contribution < 1.29 is 4.79 Å². The lowest BCUT2D eigenvalue weighted by Gasteiger charge is -2.29. The maximum Gasteiger partial charge on any atom is 0.316 e. The molecule has 0 saturated carbocycles. The number of hydrogen-bond acceptors (Lipinski definition) is 3. The van der Waals surface area contributed by atoms with Gasteiger partial charge in [0, 0.05) is 40.3 Å². The maximum atomic E-state index is 11.3. The van der Waals surface area contributed by atoms with E-state index < -0.39 is 0 Å². The third-order valence-electron chi connectivity index (χ3n) is 3.28. The van der Waals surface area contributed by atoms with Gasteiger partial charge in [-0.05, 0) is 25.4 Å². The van der Waals surface area contributed by atoms with Crippen LogP contribution in [0, 0.1) is 5.41 Å². The number of amides is 2. The molecule has 1 atom stereocenters. The minimum Gasteiger partial charge on any atom is -0.337 e. The van der Waals surface area contributed by atoms with Gasteiger partial charge in [0.15, 0.2) is 0 Å². The highest BCUT2D eigenvalue weighted by molar-refractivity contribution is 5.73. The fraction of sp³-hybridized carbons (Fsp3) is 0.917. The van der Waals surface area contributed by atoms with Crippen molar-refractivity contribution in [2.75, 3.05) is 53.9 Å². The molecule has 1 aliphatic heterocycles. The van der Waals surface area contributed by atoms with Crippen molar-refractivity contribution in [2.24, 2.45) is 5.41 Å². The highest BCUT2D eigenvalue weighted by atomic mass is 16.2. The highest BCUT2D eigenvalue weighted by Gasteiger charge is 2.29. The van der Waals surface area contributed by atoms with Crippen LogP contribution in [0.5, 0.6) is 0 Å². The van der Waals surface area contributed by atoms with Crippen LogP contribution >= 0.6 is 0 Å². The van der Waals surface area contributed by atoms with Gasteiger partial charge in [-0.25, -0.2) is 4.79 Å². The number of nitrogens with zero attached hydrogens (tertiary/aromatic N) is 2. The zero-order valence-electron chi connectivity index (χ0n) is 11.5. The van der Waals surface area contributed by atoms with Crippen molar-refractivity contribution in [3.8, 4) is 0 Å². The smallest absolute Gasteiger partial charge is 0.316 e. The minimum atomic E-state index is -0.0212. The number of likely N-dealkylation sites (N-methyl/N-ethyl adjacent to an activating group) is 1. The Morgan fingerprint density at radius 1 is 1.41 bits per heavy atom. The van der Waals surface area contributed by atoms with Gasteiger partial charge in [0.1, 0.15) is 0 Å². The fourth-order valence-corrected chi connectivity index (χ4v) is 2.25. The molecule has 0 radical (unpaired) electrons. The van der Waals surface area contributed by atoms with Crippen LogP contribution in [-0.4, -0.2) is 69.7 Å². The Bertz CT molecular complexity index is 249.